The van der Waals surface area contributed by atoms with E-state index >= 15 is 4.39 Å². The van der Waals surface area contributed by atoms with Gasteiger partial charge >= 0.3 is 6.03 Å². The van der Waals surface area contributed by atoms with E-state index in [1.54, 1.807) is 18.2 Å². The molecule has 5 rings (SSSR count). The average molecular weight is 526 g/mol. The number of amides is 3. The summed E-state index contributed by atoms with van der Waals surface area (Å²) < 4.78 is 26.9. The molecule has 0 unspecified atom stereocenters. The highest BCUT2D eigenvalue weighted by Crippen LogP contribution is 2.25. The minimum atomic E-state index is -0.914. The summed E-state index contributed by atoms with van der Waals surface area (Å²) in [6.07, 6.45) is 4.12. The van der Waals surface area contributed by atoms with Gasteiger partial charge in [-0.3, -0.25) is 19.5 Å². The highest BCUT2D eigenvalue weighted by molar-refractivity contribution is 6.30. The van der Waals surface area contributed by atoms with Crippen molar-refractivity contribution in [2.45, 2.75) is 18.6 Å². The zero-order valence-corrected chi connectivity index (χ0v) is 20.2. The summed E-state index contributed by atoms with van der Waals surface area (Å²) in [7, 11) is 1.49. The number of nitrogens with zero attached hydrogens (tertiary/aromatic N) is 3. The number of benzene rings is 1. The lowest BCUT2D eigenvalue weighted by Crippen LogP contribution is -2.45. The SMILES string of the molecule is CO[C@@H]1C[C@H](C(=O)Nc2ccc(-n3ccc4occc4c3=O)cc2F)N(C(=O)Nc2ccc(Cl)cn2)C1. The Bertz CT molecular complexity index is 1540. The Morgan fingerprint density at radius 2 is 2.03 bits per heavy atom. The molecule has 0 radical (unpaired) electrons. The zero-order valence-electron chi connectivity index (χ0n) is 19.5. The smallest absolute Gasteiger partial charge is 0.323 e. The summed E-state index contributed by atoms with van der Waals surface area (Å²) in [4.78, 5) is 44.0. The van der Waals surface area contributed by atoms with Gasteiger partial charge in [-0.05, 0) is 36.4 Å². The van der Waals surface area contributed by atoms with Gasteiger partial charge in [0.25, 0.3) is 5.56 Å². The lowest BCUT2D eigenvalue weighted by atomic mass is 10.1. The molecule has 4 heterocycles. The number of urea groups is 1. The van der Waals surface area contributed by atoms with Crippen LogP contribution in [-0.2, 0) is 9.53 Å². The van der Waals surface area contributed by atoms with Crippen LogP contribution in [0.5, 0.6) is 0 Å². The van der Waals surface area contributed by atoms with Crippen LogP contribution >= 0.6 is 11.6 Å². The molecule has 10 nitrogen and oxygen atoms in total. The van der Waals surface area contributed by atoms with Gasteiger partial charge in [0.1, 0.15) is 23.3 Å². The van der Waals surface area contributed by atoms with E-state index in [2.05, 4.69) is 15.6 Å². The maximum atomic E-state index is 15.0. The van der Waals surface area contributed by atoms with E-state index in [0.29, 0.717) is 16.0 Å². The highest BCUT2D eigenvalue weighted by Gasteiger charge is 2.40. The van der Waals surface area contributed by atoms with Gasteiger partial charge < -0.3 is 19.4 Å². The second-order valence-corrected chi connectivity index (χ2v) is 8.83. The largest absolute Gasteiger partial charge is 0.464 e. The van der Waals surface area contributed by atoms with Crippen molar-refractivity contribution in [3.8, 4) is 5.69 Å². The molecule has 0 spiro atoms. The second kappa shape index (κ2) is 10.0. The molecule has 37 heavy (non-hydrogen) atoms. The normalized spacial score (nSPS) is 17.2. The van der Waals surface area contributed by atoms with Crippen molar-refractivity contribution < 1.29 is 23.1 Å². The van der Waals surface area contributed by atoms with Crippen molar-refractivity contribution in [2.24, 2.45) is 0 Å². The first-order valence-corrected chi connectivity index (χ1v) is 11.6. The van der Waals surface area contributed by atoms with Gasteiger partial charge in [-0.15, -0.1) is 0 Å². The van der Waals surface area contributed by atoms with Gasteiger partial charge in [0, 0.05) is 38.5 Å². The number of rotatable bonds is 5. The maximum Gasteiger partial charge on any atom is 0.323 e. The molecule has 2 N–H and O–H groups in total. The van der Waals surface area contributed by atoms with Crippen molar-refractivity contribution in [3.63, 3.8) is 0 Å². The molecule has 0 saturated carbocycles. The molecule has 190 valence electrons. The number of fused-ring (bicyclic) bond motifs is 1. The van der Waals surface area contributed by atoms with Crippen molar-refractivity contribution in [1.82, 2.24) is 14.5 Å². The summed E-state index contributed by atoms with van der Waals surface area (Å²) in [5.74, 6) is -1.06. The Kier molecular flexibility index (Phi) is 6.64. The average Bonchev–Trinajstić information content (AvgIpc) is 3.55. The number of hydrogen-bond acceptors (Lipinski definition) is 6. The predicted molar refractivity (Wildman–Crippen MR) is 135 cm³/mol. The van der Waals surface area contributed by atoms with E-state index in [1.807, 2.05) is 0 Å². The van der Waals surface area contributed by atoms with Crippen LogP contribution in [0.4, 0.5) is 20.7 Å². The first-order chi connectivity index (χ1) is 17.8. The second-order valence-electron chi connectivity index (χ2n) is 8.40. The summed E-state index contributed by atoms with van der Waals surface area (Å²) in [5.41, 5.74) is 0.250. The Labute approximate surface area is 214 Å². The number of likely N-dealkylation sites (tertiary alicyclic amines) is 1. The van der Waals surface area contributed by atoms with Gasteiger partial charge in [0.05, 0.1) is 34.2 Å². The molecule has 3 amide bonds. The number of methoxy groups -OCH3 is 1. The molecular weight excluding hydrogens is 505 g/mol. The van der Waals surface area contributed by atoms with Gasteiger partial charge in [0.15, 0.2) is 0 Å². The molecule has 1 aromatic carbocycles. The number of ether oxygens (including phenoxy) is 1. The number of hydrogen-bond donors (Lipinski definition) is 2. The summed E-state index contributed by atoms with van der Waals surface area (Å²) >= 11 is 5.83. The highest BCUT2D eigenvalue weighted by atomic mass is 35.5. The third-order valence-electron chi connectivity index (χ3n) is 6.13. The molecule has 2 atom stereocenters. The molecule has 0 aliphatic carbocycles. The minimum Gasteiger partial charge on any atom is -0.464 e. The number of aromatic nitrogens is 2. The van der Waals surface area contributed by atoms with Crippen LogP contribution in [0.2, 0.25) is 5.02 Å². The Morgan fingerprint density at radius 1 is 1.19 bits per heavy atom. The van der Waals surface area contributed by atoms with Crippen LogP contribution in [0.3, 0.4) is 0 Å². The zero-order chi connectivity index (χ0) is 26.1. The van der Waals surface area contributed by atoms with E-state index in [4.69, 9.17) is 20.8 Å². The number of carbonyl (C=O) groups is 2. The Balaban J connectivity index is 1.33. The van der Waals surface area contributed by atoms with Crippen LogP contribution in [-0.4, -0.2) is 52.2 Å². The van der Waals surface area contributed by atoms with E-state index < -0.39 is 23.8 Å². The van der Waals surface area contributed by atoms with Gasteiger partial charge in [-0.25, -0.2) is 14.2 Å². The van der Waals surface area contributed by atoms with Gasteiger partial charge in [0.2, 0.25) is 5.91 Å². The van der Waals surface area contributed by atoms with Gasteiger partial charge in [-0.2, -0.15) is 0 Å². The summed E-state index contributed by atoms with van der Waals surface area (Å²) in [6, 6.07) is 8.80. The topological polar surface area (TPSA) is 119 Å². The van der Waals surface area contributed by atoms with Crippen LogP contribution in [0.15, 0.2) is 70.3 Å². The summed E-state index contributed by atoms with van der Waals surface area (Å²) in [5, 5.41) is 5.95. The monoisotopic (exact) mass is 525 g/mol. The van der Waals surface area contributed by atoms with Crippen LogP contribution < -0.4 is 16.2 Å². The maximum absolute atomic E-state index is 15.0. The van der Waals surface area contributed by atoms with E-state index in [0.717, 1.165) is 6.07 Å². The molecule has 1 aliphatic heterocycles. The first-order valence-electron chi connectivity index (χ1n) is 11.3. The Hall–Kier alpha value is -4.22. The molecule has 4 aromatic rings. The van der Waals surface area contributed by atoms with Crippen molar-refractivity contribution >= 4 is 46.0 Å². The van der Waals surface area contributed by atoms with E-state index in [1.165, 1.54) is 53.4 Å². The molecule has 1 aliphatic rings. The first kappa shape index (κ1) is 24.5. The van der Waals surface area contributed by atoms with Crippen molar-refractivity contribution in [1.29, 1.82) is 0 Å². The third-order valence-corrected chi connectivity index (χ3v) is 6.35. The standard InChI is InChI=1S/C25H21ClFN5O5/c1-36-16-11-20(32(13-16)25(35)30-22-5-2-14(26)12-28-22)23(33)29-19-4-3-15(10-18(19)27)31-8-6-21-17(24(31)34)7-9-37-21/h2-10,12,16,20H,11,13H2,1H3,(H,29,33)(H,28,30,35)/t16-,20-/m1/s1. The van der Waals surface area contributed by atoms with Gasteiger partial charge in [-0.1, -0.05) is 11.6 Å². The quantitative estimate of drug-likeness (QED) is 0.406. The fraction of sp³-hybridized carbons (Fsp3) is 0.200. The lowest BCUT2D eigenvalue weighted by molar-refractivity contribution is -0.119. The lowest BCUT2D eigenvalue weighted by Gasteiger charge is -2.24. The van der Waals surface area contributed by atoms with Crippen LogP contribution in [0, 0.1) is 5.82 Å². The number of pyridine rings is 2. The van der Waals surface area contributed by atoms with E-state index in [9.17, 15) is 14.4 Å². The molecule has 1 fully saturated rings. The molecule has 0 bridgehead atoms. The van der Waals surface area contributed by atoms with Crippen molar-refractivity contribution in [2.75, 3.05) is 24.3 Å². The number of carbonyl (C=O) groups excluding carboxylic acids is 2. The van der Waals surface area contributed by atoms with E-state index in [-0.39, 0.29) is 41.8 Å². The minimum absolute atomic E-state index is 0.0909. The number of halogens is 2. The van der Waals surface area contributed by atoms with Crippen molar-refractivity contribution in [3.05, 3.63) is 82.3 Å². The Morgan fingerprint density at radius 3 is 2.76 bits per heavy atom. The number of furan rings is 1. The van der Waals surface area contributed by atoms with Crippen LogP contribution in [0.25, 0.3) is 16.7 Å². The fourth-order valence-corrected chi connectivity index (χ4v) is 4.33. The molecule has 3 aromatic heterocycles. The van der Waals surface area contributed by atoms with Crippen LogP contribution in [0.1, 0.15) is 6.42 Å². The molecule has 1 saturated heterocycles. The number of anilines is 2. The molecular formula is C25H21ClFN5O5. The molecule has 12 heteroatoms. The summed E-state index contributed by atoms with van der Waals surface area (Å²) in [6.45, 7) is 0.162. The predicted octanol–water partition coefficient (Wildman–Crippen LogP) is 4.03. The third kappa shape index (κ3) is 4.91. The fourth-order valence-electron chi connectivity index (χ4n) is 4.21. The number of nitrogens with one attached hydrogen (secondary N) is 2.